The Hall–Kier alpha value is -8.88. The maximum Gasteiger partial charge on any atom is 0.326 e. The molecule has 2 aromatic heterocycles. The zero-order chi connectivity index (χ0) is 62.3. The second-order valence-electron chi connectivity index (χ2n) is 22.2. The summed E-state index contributed by atoms with van der Waals surface area (Å²) in [6.45, 7) is 10.9. The number of H-pyrrole nitrogens is 2. The summed E-state index contributed by atoms with van der Waals surface area (Å²) in [4.78, 5) is 146. The number of rotatable bonds is 33. The van der Waals surface area contributed by atoms with Crippen LogP contribution in [0.25, 0.3) is 0 Å². The number of carbonyl (C=O) groups excluding carboxylic acids is 8. The molecular weight excluding hydrogens is 1100 g/mol. The standard InChI is InChI=1S/C58H84N16O11/c1-7-34(6)48(73-52(79)42(25-36-17-19-39(75)20-18-36)69-54(81)47(33(4)5)72-49(76)40(59)15-11-21-64-58(60)61)55(82)70-44(27-38-29-63-31-66-38)56(83)74-22-12-16-46(74)53(80)68-41(24-35-13-9-8-10-14-35)50(77)67-43(26-37-28-62-30-65-37)51(78)71-45(57(84)85)23-32(2)3/h8-10,13-14,17-20,28-34,40-48,75H,7,11-12,15-16,21-27,59H2,1-6H3,(H,62,65)(H,63,66)(H,67,77)(H,68,80)(H,69,81)(H,70,82)(H,71,78)(H,72,76)(H,73,79)(H,84,85)(H4,60,61,64)/t34-,40-,41-,42+,43-,44-,45-,46-,47-,48-/m0/s1. The molecule has 85 heavy (non-hydrogen) atoms. The van der Waals surface area contributed by atoms with Crippen molar-refractivity contribution in [2.75, 3.05) is 13.1 Å². The molecule has 2 aromatic carbocycles. The van der Waals surface area contributed by atoms with E-state index in [1.807, 2.05) is 13.8 Å². The Morgan fingerprint density at radius 2 is 1.18 bits per heavy atom. The van der Waals surface area contributed by atoms with Gasteiger partial charge in [-0.3, -0.25) is 43.3 Å². The fourth-order valence-corrected chi connectivity index (χ4v) is 9.71. The van der Waals surface area contributed by atoms with Crippen LogP contribution in [0.3, 0.4) is 0 Å². The number of phenolic OH excluding ortho intramolecular Hbond substituents is 1. The lowest BCUT2D eigenvalue weighted by molar-refractivity contribution is -0.143. The van der Waals surface area contributed by atoms with Gasteiger partial charge in [0, 0.05) is 62.6 Å². The summed E-state index contributed by atoms with van der Waals surface area (Å²) in [5.41, 5.74) is 19.1. The van der Waals surface area contributed by atoms with E-state index in [1.54, 1.807) is 70.2 Å². The number of aliphatic carboxylic acids is 1. The smallest absolute Gasteiger partial charge is 0.326 e. The summed E-state index contributed by atoms with van der Waals surface area (Å²) in [6, 6.07) is 3.56. The molecule has 0 spiro atoms. The number of hydrogen-bond donors (Lipinski definition) is 14. The van der Waals surface area contributed by atoms with E-state index < -0.39 is 119 Å². The largest absolute Gasteiger partial charge is 0.508 e. The van der Waals surface area contributed by atoms with Crippen LogP contribution >= 0.6 is 0 Å². The van der Waals surface area contributed by atoms with Crippen molar-refractivity contribution < 1.29 is 53.4 Å². The molecule has 0 aliphatic carbocycles. The van der Waals surface area contributed by atoms with E-state index in [1.165, 1.54) is 42.1 Å². The first-order valence-electron chi connectivity index (χ1n) is 28.7. The minimum absolute atomic E-state index is 0.0415. The van der Waals surface area contributed by atoms with Crippen LogP contribution in [-0.2, 0) is 68.8 Å². The van der Waals surface area contributed by atoms with Crippen LogP contribution in [0.15, 0.2) is 84.6 Å². The topological polar surface area (TPSA) is 429 Å². The highest BCUT2D eigenvalue weighted by Gasteiger charge is 2.41. The molecule has 462 valence electrons. The maximum atomic E-state index is 15.0. The number of benzene rings is 2. The number of likely N-dealkylation sites (tertiary alicyclic amines) is 1. The number of aromatic nitrogens is 4. The van der Waals surface area contributed by atoms with E-state index >= 15 is 0 Å². The summed E-state index contributed by atoms with van der Waals surface area (Å²) in [6.07, 6.45) is 6.94. The molecule has 0 saturated carbocycles. The van der Waals surface area contributed by atoms with E-state index in [9.17, 15) is 53.4 Å². The van der Waals surface area contributed by atoms with Crippen molar-refractivity contribution in [2.24, 2.45) is 39.9 Å². The Kier molecular flexibility index (Phi) is 25.8. The van der Waals surface area contributed by atoms with E-state index in [0.717, 1.165) is 0 Å². The van der Waals surface area contributed by atoms with Crippen molar-refractivity contribution >= 4 is 59.2 Å². The highest BCUT2D eigenvalue weighted by molar-refractivity contribution is 5.98. The molecule has 27 heteroatoms. The molecular formula is C58H84N16O11. The van der Waals surface area contributed by atoms with Gasteiger partial charge >= 0.3 is 5.97 Å². The molecule has 3 heterocycles. The van der Waals surface area contributed by atoms with Crippen molar-refractivity contribution in [1.29, 1.82) is 0 Å². The van der Waals surface area contributed by atoms with Gasteiger partial charge in [0.25, 0.3) is 0 Å². The predicted octanol–water partition coefficient (Wildman–Crippen LogP) is -0.293. The number of nitrogens with two attached hydrogens (primary N) is 3. The third-order valence-corrected chi connectivity index (χ3v) is 14.6. The molecule has 8 amide bonds. The van der Waals surface area contributed by atoms with Crippen molar-refractivity contribution in [2.45, 2.75) is 160 Å². The van der Waals surface area contributed by atoms with Gasteiger partial charge < -0.3 is 79.5 Å². The van der Waals surface area contributed by atoms with Gasteiger partial charge in [-0.1, -0.05) is 90.4 Å². The first kappa shape index (κ1) is 66.9. The maximum absolute atomic E-state index is 15.0. The number of aromatic amines is 2. The Balaban J connectivity index is 1.38. The Morgan fingerprint density at radius 3 is 1.73 bits per heavy atom. The van der Waals surface area contributed by atoms with Gasteiger partial charge in [-0.15, -0.1) is 0 Å². The Labute approximate surface area is 494 Å². The number of carboxylic acids is 1. The molecule has 1 fully saturated rings. The third kappa shape index (κ3) is 21.1. The van der Waals surface area contributed by atoms with E-state index in [2.05, 4.69) is 62.1 Å². The number of carbonyl (C=O) groups is 9. The van der Waals surface area contributed by atoms with E-state index in [4.69, 9.17) is 17.2 Å². The zero-order valence-corrected chi connectivity index (χ0v) is 49.0. The summed E-state index contributed by atoms with van der Waals surface area (Å²) in [5.74, 6) is -8.30. The normalized spacial score (nSPS) is 16.2. The monoisotopic (exact) mass is 1180 g/mol. The van der Waals surface area contributed by atoms with Gasteiger partial charge in [-0.2, -0.15) is 0 Å². The fraction of sp³-hybridized carbons (Fsp3) is 0.517. The number of nitrogens with zero attached hydrogens (tertiary/aromatic N) is 4. The van der Waals surface area contributed by atoms with Crippen molar-refractivity contribution in [1.82, 2.24) is 62.1 Å². The second kappa shape index (κ2) is 32.8. The van der Waals surface area contributed by atoms with Crippen molar-refractivity contribution in [3.63, 3.8) is 0 Å². The summed E-state index contributed by atoms with van der Waals surface area (Å²) in [5, 5.41) is 39.2. The molecule has 0 radical (unpaired) electrons. The van der Waals surface area contributed by atoms with Gasteiger partial charge in [-0.25, -0.2) is 14.8 Å². The highest BCUT2D eigenvalue weighted by Crippen LogP contribution is 2.22. The molecule has 1 saturated heterocycles. The average Bonchev–Trinajstić information content (AvgIpc) is 4.49. The number of amides is 8. The van der Waals surface area contributed by atoms with E-state index in [0.29, 0.717) is 41.8 Å². The second-order valence-corrected chi connectivity index (χ2v) is 22.2. The number of aliphatic imine (C=N–C) groups is 1. The molecule has 0 bridgehead atoms. The number of guanidine groups is 1. The van der Waals surface area contributed by atoms with Crippen molar-refractivity contribution in [3.8, 4) is 5.75 Å². The Bertz CT molecular complexity index is 2870. The molecule has 27 nitrogen and oxygen atoms in total. The van der Waals surface area contributed by atoms with Crippen LogP contribution in [0.2, 0.25) is 0 Å². The number of aromatic hydroxyl groups is 1. The van der Waals surface area contributed by atoms with Gasteiger partial charge in [-0.05, 0) is 73.1 Å². The summed E-state index contributed by atoms with van der Waals surface area (Å²) in [7, 11) is 0. The van der Waals surface area contributed by atoms with Crippen LogP contribution in [-0.4, -0.2) is 162 Å². The fourth-order valence-electron chi connectivity index (χ4n) is 9.71. The van der Waals surface area contributed by atoms with Crippen LogP contribution in [0.1, 0.15) is 103 Å². The molecule has 1 aliphatic rings. The van der Waals surface area contributed by atoms with E-state index in [-0.39, 0.29) is 75.7 Å². The highest BCUT2D eigenvalue weighted by atomic mass is 16.4. The number of hydrogen-bond acceptors (Lipinski definition) is 14. The minimum atomic E-state index is -1.35. The first-order chi connectivity index (χ1) is 40.4. The number of carboxylic acid groups (broad SMARTS) is 1. The predicted molar refractivity (Wildman–Crippen MR) is 314 cm³/mol. The lowest BCUT2D eigenvalue weighted by Crippen LogP contribution is -2.62. The number of nitrogens with one attached hydrogen (secondary N) is 9. The lowest BCUT2D eigenvalue weighted by Gasteiger charge is -2.32. The minimum Gasteiger partial charge on any atom is -0.508 e. The van der Waals surface area contributed by atoms with Crippen LogP contribution in [0.4, 0.5) is 0 Å². The zero-order valence-electron chi connectivity index (χ0n) is 49.0. The molecule has 1 aliphatic heterocycles. The van der Waals surface area contributed by atoms with Crippen LogP contribution < -0.4 is 54.4 Å². The quantitative estimate of drug-likeness (QED) is 0.0166. The van der Waals surface area contributed by atoms with Gasteiger partial charge in [0.15, 0.2) is 5.96 Å². The Morgan fingerprint density at radius 1 is 0.659 bits per heavy atom. The molecule has 17 N–H and O–H groups in total. The van der Waals surface area contributed by atoms with Gasteiger partial charge in [0.1, 0.15) is 54.1 Å². The number of phenols is 1. The van der Waals surface area contributed by atoms with Crippen LogP contribution in [0, 0.1) is 17.8 Å². The lowest BCUT2D eigenvalue weighted by atomic mass is 9.96. The molecule has 5 rings (SSSR count). The third-order valence-electron chi connectivity index (χ3n) is 14.6. The molecule has 0 unspecified atom stereocenters. The summed E-state index contributed by atoms with van der Waals surface area (Å²) < 4.78 is 0. The first-order valence-corrected chi connectivity index (χ1v) is 28.7. The van der Waals surface area contributed by atoms with Gasteiger partial charge in [0.2, 0.25) is 47.3 Å². The SMILES string of the molecule is CC[C@H](C)[C@H](NC(=O)[C@@H](Cc1ccc(O)cc1)NC(=O)[C@@H](NC(=O)[C@@H](N)CCCN=C(N)N)C(C)C)C(=O)N[C@@H](Cc1cnc[nH]1)C(=O)N1CCC[C@H]1C(=O)N[C@@H](Cc1ccccc1)C(=O)N[C@@H](Cc1cnc[nH]1)C(=O)N[C@@H](CC(C)C)C(=O)O. The number of imidazole rings is 2. The van der Waals surface area contributed by atoms with Crippen LogP contribution in [0.5, 0.6) is 5.75 Å². The molecule has 10 atom stereocenters. The van der Waals surface area contributed by atoms with Crippen molar-refractivity contribution in [3.05, 3.63) is 102 Å². The summed E-state index contributed by atoms with van der Waals surface area (Å²) >= 11 is 0. The average molecular weight is 1180 g/mol. The molecule has 4 aromatic rings. The van der Waals surface area contributed by atoms with Gasteiger partial charge in [0.05, 0.1) is 18.7 Å².